The number of rotatable bonds is 3. The average molecular weight is 216 g/mol. The van der Waals surface area contributed by atoms with Crippen molar-refractivity contribution in [2.45, 2.75) is 4.90 Å². The number of nitriles is 1. The van der Waals surface area contributed by atoms with Crippen LogP contribution in [0, 0.1) is 17.1 Å². The second-order valence-electron chi connectivity index (χ2n) is 2.29. The summed E-state index contributed by atoms with van der Waals surface area (Å²) < 4.78 is 12.7. The Hall–Kier alpha value is -0.720. The Bertz CT molecular complexity index is 335. The predicted octanol–water partition coefficient (Wildman–Crippen LogP) is 3.03. The molecule has 0 spiro atoms. The molecule has 1 aromatic rings. The van der Waals surface area contributed by atoms with E-state index in [0.29, 0.717) is 11.4 Å². The largest absolute Gasteiger partial charge is 0.207 e. The highest BCUT2D eigenvalue weighted by molar-refractivity contribution is 7.99. The molecule has 0 bridgehead atoms. The number of nitrogens with zero attached hydrogens (tertiary/aromatic N) is 1. The van der Waals surface area contributed by atoms with Gasteiger partial charge in [-0.25, -0.2) is 4.39 Å². The molecule has 0 heterocycles. The SMILES string of the molecule is N#Cc1cc(F)ccc1SCCCl. The molecule has 0 radical (unpaired) electrons. The molecule has 0 unspecified atom stereocenters. The maximum atomic E-state index is 12.7. The van der Waals surface area contributed by atoms with E-state index in [1.54, 1.807) is 6.07 Å². The maximum Gasteiger partial charge on any atom is 0.124 e. The molecule has 0 saturated carbocycles. The Kier molecular flexibility index (Phi) is 4.07. The number of hydrogen-bond donors (Lipinski definition) is 0. The lowest BCUT2D eigenvalue weighted by Crippen LogP contribution is -1.86. The average Bonchev–Trinajstić information content (AvgIpc) is 2.16. The van der Waals surface area contributed by atoms with E-state index in [1.165, 1.54) is 23.9 Å². The maximum absolute atomic E-state index is 12.7. The van der Waals surface area contributed by atoms with Gasteiger partial charge in [-0.1, -0.05) is 0 Å². The first-order valence-electron chi connectivity index (χ1n) is 3.66. The molecule has 0 aliphatic heterocycles. The zero-order valence-corrected chi connectivity index (χ0v) is 8.33. The fourth-order valence-electron chi connectivity index (χ4n) is 0.864. The van der Waals surface area contributed by atoms with Crippen LogP contribution in [-0.2, 0) is 0 Å². The summed E-state index contributed by atoms with van der Waals surface area (Å²) in [5, 5.41) is 8.68. The third kappa shape index (κ3) is 2.91. The molecular formula is C9H7ClFNS. The van der Waals surface area contributed by atoms with Crippen LogP contribution in [0.15, 0.2) is 23.1 Å². The lowest BCUT2D eigenvalue weighted by Gasteiger charge is -2.01. The summed E-state index contributed by atoms with van der Waals surface area (Å²) in [6.45, 7) is 0. The van der Waals surface area contributed by atoms with Gasteiger partial charge in [0, 0.05) is 16.5 Å². The van der Waals surface area contributed by atoms with Crippen molar-refractivity contribution < 1.29 is 4.39 Å². The highest BCUT2D eigenvalue weighted by Crippen LogP contribution is 2.22. The van der Waals surface area contributed by atoms with Crippen LogP contribution >= 0.6 is 23.4 Å². The van der Waals surface area contributed by atoms with E-state index in [2.05, 4.69) is 0 Å². The summed E-state index contributed by atoms with van der Waals surface area (Å²) in [4.78, 5) is 0.782. The Morgan fingerprint density at radius 1 is 1.54 bits per heavy atom. The van der Waals surface area contributed by atoms with E-state index in [1.807, 2.05) is 6.07 Å². The van der Waals surface area contributed by atoms with Gasteiger partial charge in [0.15, 0.2) is 0 Å². The minimum atomic E-state index is -0.383. The standard InChI is InChI=1S/C9H7ClFNS/c10-3-4-13-9-2-1-8(11)5-7(9)6-12/h1-2,5H,3-4H2. The monoisotopic (exact) mass is 215 g/mol. The number of benzene rings is 1. The summed E-state index contributed by atoms with van der Waals surface area (Å²) in [5.74, 6) is 0.862. The van der Waals surface area contributed by atoms with Gasteiger partial charge in [-0.15, -0.1) is 23.4 Å². The fraction of sp³-hybridized carbons (Fsp3) is 0.222. The highest BCUT2D eigenvalue weighted by Gasteiger charge is 2.03. The van der Waals surface area contributed by atoms with Crippen molar-refractivity contribution in [3.05, 3.63) is 29.6 Å². The topological polar surface area (TPSA) is 23.8 Å². The van der Waals surface area contributed by atoms with Crippen LogP contribution in [0.25, 0.3) is 0 Å². The molecule has 68 valence electrons. The smallest absolute Gasteiger partial charge is 0.124 e. The minimum Gasteiger partial charge on any atom is -0.207 e. The Morgan fingerprint density at radius 2 is 2.31 bits per heavy atom. The van der Waals surface area contributed by atoms with Crippen molar-refractivity contribution in [1.29, 1.82) is 5.26 Å². The lowest BCUT2D eigenvalue weighted by molar-refractivity contribution is 0.626. The Labute approximate surface area is 85.5 Å². The Balaban J connectivity index is 2.88. The van der Waals surface area contributed by atoms with Crippen LogP contribution in [0.4, 0.5) is 4.39 Å². The number of alkyl halides is 1. The first kappa shape index (κ1) is 10.4. The molecule has 0 fully saturated rings. The molecule has 0 aliphatic rings. The molecular weight excluding hydrogens is 209 g/mol. The van der Waals surface area contributed by atoms with E-state index in [0.717, 1.165) is 10.6 Å². The zero-order chi connectivity index (χ0) is 9.68. The summed E-state index contributed by atoms with van der Waals surface area (Å²) in [7, 11) is 0. The molecule has 13 heavy (non-hydrogen) atoms. The van der Waals surface area contributed by atoms with Gasteiger partial charge in [0.2, 0.25) is 0 Å². The van der Waals surface area contributed by atoms with Crippen LogP contribution < -0.4 is 0 Å². The molecule has 4 heteroatoms. The summed E-state index contributed by atoms with van der Waals surface area (Å²) in [6.07, 6.45) is 0. The van der Waals surface area contributed by atoms with E-state index < -0.39 is 0 Å². The van der Waals surface area contributed by atoms with Gasteiger partial charge in [-0.05, 0) is 18.2 Å². The van der Waals surface area contributed by atoms with Crippen molar-refractivity contribution in [2.75, 3.05) is 11.6 Å². The van der Waals surface area contributed by atoms with Crippen LogP contribution in [-0.4, -0.2) is 11.6 Å². The summed E-state index contributed by atoms with van der Waals surface area (Å²) >= 11 is 6.96. The molecule has 0 aliphatic carbocycles. The second-order valence-corrected chi connectivity index (χ2v) is 3.80. The summed E-state index contributed by atoms with van der Waals surface area (Å²) in [5.41, 5.74) is 0.370. The second kappa shape index (κ2) is 5.11. The van der Waals surface area contributed by atoms with Crippen molar-refractivity contribution in [2.24, 2.45) is 0 Å². The first-order chi connectivity index (χ1) is 6.27. The van der Waals surface area contributed by atoms with Crippen molar-refractivity contribution in [1.82, 2.24) is 0 Å². The summed E-state index contributed by atoms with van der Waals surface area (Å²) in [6, 6.07) is 6.12. The first-order valence-corrected chi connectivity index (χ1v) is 5.18. The molecule has 0 amide bonds. The molecule has 1 aromatic carbocycles. The van der Waals surface area contributed by atoms with Gasteiger partial charge in [-0.3, -0.25) is 0 Å². The minimum absolute atomic E-state index is 0.370. The van der Waals surface area contributed by atoms with Crippen LogP contribution in [0.3, 0.4) is 0 Å². The van der Waals surface area contributed by atoms with E-state index in [4.69, 9.17) is 16.9 Å². The third-order valence-corrected chi connectivity index (χ3v) is 2.89. The van der Waals surface area contributed by atoms with Gasteiger partial charge in [0.1, 0.15) is 11.9 Å². The Morgan fingerprint density at radius 3 is 2.92 bits per heavy atom. The molecule has 1 rings (SSSR count). The molecule has 0 atom stereocenters. The van der Waals surface area contributed by atoms with Crippen molar-refractivity contribution in [3.8, 4) is 6.07 Å². The van der Waals surface area contributed by atoms with Crippen LogP contribution in [0.2, 0.25) is 0 Å². The molecule has 0 saturated heterocycles. The van der Waals surface area contributed by atoms with Crippen molar-refractivity contribution in [3.63, 3.8) is 0 Å². The quantitative estimate of drug-likeness (QED) is 0.572. The zero-order valence-electron chi connectivity index (χ0n) is 6.76. The molecule has 0 N–H and O–H groups in total. The molecule has 0 aromatic heterocycles. The van der Waals surface area contributed by atoms with Crippen LogP contribution in [0.1, 0.15) is 5.56 Å². The number of thioether (sulfide) groups is 1. The lowest BCUT2D eigenvalue weighted by atomic mass is 10.2. The highest BCUT2D eigenvalue weighted by atomic mass is 35.5. The third-order valence-electron chi connectivity index (χ3n) is 1.40. The van der Waals surface area contributed by atoms with E-state index in [9.17, 15) is 4.39 Å². The van der Waals surface area contributed by atoms with Gasteiger partial charge < -0.3 is 0 Å². The predicted molar refractivity (Wildman–Crippen MR) is 52.6 cm³/mol. The van der Waals surface area contributed by atoms with Gasteiger partial charge in [-0.2, -0.15) is 5.26 Å². The molecule has 1 nitrogen and oxygen atoms in total. The van der Waals surface area contributed by atoms with E-state index in [-0.39, 0.29) is 5.82 Å². The number of hydrogen-bond acceptors (Lipinski definition) is 2. The van der Waals surface area contributed by atoms with Gasteiger partial charge >= 0.3 is 0 Å². The van der Waals surface area contributed by atoms with Gasteiger partial charge in [0.25, 0.3) is 0 Å². The van der Waals surface area contributed by atoms with Crippen LogP contribution in [0.5, 0.6) is 0 Å². The van der Waals surface area contributed by atoms with E-state index >= 15 is 0 Å². The normalized spacial score (nSPS) is 9.62. The fourth-order valence-corrected chi connectivity index (χ4v) is 1.82. The number of halogens is 2. The van der Waals surface area contributed by atoms with Crippen molar-refractivity contribution >= 4 is 23.4 Å². The van der Waals surface area contributed by atoms with Gasteiger partial charge in [0.05, 0.1) is 5.56 Å².